The average Bonchev–Trinajstić information content (AvgIpc) is 3.70. The Bertz CT molecular complexity index is 1740. The van der Waals surface area contributed by atoms with Crippen molar-refractivity contribution in [2.45, 2.75) is 60.3 Å². The minimum Gasteiger partial charge on any atom is -0.875 e. The van der Waals surface area contributed by atoms with Crippen LogP contribution in [-0.4, -0.2) is 36.2 Å². The van der Waals surface area contributed by atoms with Crippen molar-refractivity contribution in [1.82, 2.24) is 5.32 Å². The molecule has 6 rings (SSSR count). The normalized spacial score (nSPS) is 24.0. The number of allylic oxidation sites excluding steroid dienone is 11. The predicted octanol–water partition coefficient (Wildman–Crippen LogP) is 3.16. The molecule has 1 fully saturated rings. The maximum Gasteiger partial charge on any atom is 2.00 e. The minimum atomic E-state index is -1.30. The van der Waals surface area contributed by atoms with Crippen molar-refractivity contribution in [2.75, 3.05) is 7.11 Å². The summed E-state index contributed by atoms with van der Waals surface area (Å²) >= 11 is 0. The molecular weight excluding hydrogens is 591 g/mol. The summed E-state index contributed by atoms with van der Waals surface area (Å²) in [6, 6.07) is 0. The molecule has 5 heterocycles. The molecule has 8 bridgehead atoms. The number of nitrogens with zero attached hydrogens (tertiary/aromatic N) is 3. The third kappa shape index (κ3) is 4.82. The molecule has 0 amide bonds. The molecule has 1 saturated heterocycles. The van der Waals surface area contributed by atoms with E-state index in [0.29, 0.717) is 52.5 Å². The second kappa shape index (κ2) is 11.2. The first-order valence-corrected chi connectivity index (χ1v) is 14.3. The van der Waals surface area contributed by atoms with Gasteiger partial charge in [-0.1, -0.05) is 13.8 Å². The molecule has 0 aromatic heterocycles. The van der Waals surface area contributed by atoms with E-state index in [-0.39, 0.29) is 58.5 Å². The van der Waals surface area contributed by atoms with Crippen molar-refractivity contribution < 1.29 is 41.0 Å². The molecule has 1 aliphatic carbocycles. The number of aliphatic carboxylic acids is 1. The fourth-order valence-corrected chi connectivity index (χ4v) is 6.72. The zero-order valence-corrected chi connectivity index (χ0v) is 25.9. The number of esters is 1. The first-order chi connectivity index (χ1) is 20.0. The number of carboxylic acid groups (broad SMARTS) is 1. The number of carboxylic acids is 1. The van der Waals surface area contributed by atoms with Crippen LogP contribution in [0.3, 0.4) is 0 Å². The van der Waals surface area contributed by atoms with Crippen molar-refractivity contribution >= 4 is 29.1 Å². The molecule has 0 unspecified atom stereocenters. The molecule has 2 atom stereocenters. The number of aliphatic imine (C=N–C) groups is 3. The molecule has 0 saturated carbocycles. The van der Waals surface area contributed by atoms with Crippen LogP contribution in [0.25, 0.3) is 0 Å². The third-order valence-electron chi connectivity index (χ3n) is 9.13. The van der Waals surface area contributed by atoms with Crippen LogP contribution in [0.5, 0.6) is 0 Å². The molecule has 43 heavy (non-hydrogen) atoms. The molecule has 0 spiro atoms. The zero-order valence-electron chi connectivity index (χ0n) is 24.9. The molecule has 6 aliphatic rings. The first-order valence-electron chi connectivity index (χ1n) is 14.3. The average molecular weight is 623 g/mol. The van der Waals surface area contributed by atoms with Gasteiger partial charge in [-0.3, -0.25) is 4.79 Å². The maximum absolute atomic E-state index is 13.4. The Morgan fingerprint density at radius 1 is 1.02 bits per heavy atom. The third-order valence-corrected chi connectivity index (χ3v) is 9.13. The summed E-state index contributed by atoms with van der Waals surface area (Å²) in [7, 11) is 1.37. The number of ether oxygens (including phenoxy) is 1. The van der Waals surface area contributed by atoms with Crippen LogP contribution in [0.1, 0.15) is 60.3 Å². The minimum absolute atomic E-state index is 0. The van der Waals surface area contributed by atoms with E-state index in [0.717, 1.165) is 39.4 Å². The maximum atomic E-state index is 13.4. The van der Waals surface area contributed by atoms with Crippen LogP contribution < -0.4 is 15.5 Å². The Morgan fingerprint density at radius 3 is 2.40 bits per heavy atom. The Labute approximate surface area is 260 Å². The molecule has 5 aliphatic heterocycles. The summed E-state index contributed by atoms with van der Waals surface area (Å²) in [5.41, 5.74) is 10.00. The van der Waals surface area contributed by atoms with Gasteiger partial charge in [0.25, 0.3) is 0 Å². The van der Waals surface area contributed by atoms with E-state index in [1.54, 1.807) is 13.0 Å². The van der Waals surface area contributed by atoms with E-state index in [4.69, 9.17) is 19.7 Å². The van der Waals surface area contributed by atoms with Gasteiger partial charge in [0.15, 0.2) is 0 Å². The fraction of sp³-hybridized carbons (Fsp3) is 0.364. The van der Waals surface area contributed by atoms with Crippen LogP contribution in [0, 0.1) is 11.8 Å². The van der Waals surface area contributed by atoms with Crippen LogP contribution in [0.4, 0.5) is 0 Å². The van der Waals surface area contributed by atoms with Crippen molar-refractivity contribution in [3.63, 3.8) is 0 Å². The molecule has 0 aromatic rings. The van der Waals surface area contributed by atoms with Gasteiger partial charge in [-0.2, -0.15) is 0 Å². The summed E-state index contributed by atoms with van der Waals surface area (Å²) in [5, 5.41) is 29.2. The number of rotatable bonds is 5. The van der Waals surface area contributed by atoms with Crippen molar-refractivity contribution in [2.24, 2.45) is 26.8 Å². The summed E-state index contributed by atoms with van der Waals surface area (Å²) in [5.74, 6) is -1.77. The van der Waals surface area contributed by atoms with Gasteiger partial charge in [-0.15, -0.1) is 5.76 Å². The Morgan fingerprint density at radius 2 is 1.72 bits per heavy atom. The van der Waals surface area contributed by atoms with Crippen molar-refractivity contribution in [3.05, 3.63) is 91.5 Å². The van der Waals surface area contributed by atoms with Gasteiger partial charge in [0, 0.05) is 40.8 Å². The van der Waals surface area contributed by atoms with Crippen molar-refractivity contribution in [3.8, 4) is 0 Å². The van der Waals surface area contributed by atoms with Gasteiger partial charge in [-0.25, -0.2) is 15.0 Å². The number of methoxy groups -OCH3 is 1. The van der Waals surface area contributed by atoms with Gasteiger partial charge in [0.1, 0.15) is 0 Å². The second-order valence-electron chi connectivity index (χ2n) is 11.4. The topological polar surface area (TPSA) is 139 Å². The van der Waals surface area contributed by atoms with Gasteiger partial charge < -0.3 is 25.1 Å². The number of nitrogens with one attached hydrogen (secondary N) is 1. The number of carbonyl (C=O) groups is 2. The smallest absolute Gasteiger partial charge is 0.875 e. The van der Waals surface area contributed by atoms with Gasteiger partial charge in [0.05, 0.1) is 47.3 Å². The summed E-state index contributed by atoms with van der Waals surface area (Å²) in [6.45, 7) is 9.71. The SMILES string of the molecule is CCC1=C(C)C2=NC1=CC1=C(C)C3=C([O-])CC(=C4NC(=CC5=NC(=C2)C(C(=O)[O-])=C5C)[C@@H](C)[C@@H]4CCC(=O)OC)C3=N1.[Ni+2]. The summed E-state index contributed by atoms with van der Waals surface area (Å²) < 4.78 is 4.92. The molecule has 0 radical (unpaired) electrons. The van der Waals surface area contributed by atoms with E-state index in [9.17, 15) is 19.8 Å². The van der Waals surface area contributed by atoms with Crippen LogP contribution in [-0.2, 0) is 30.8 Å². The van der Waals surface area contributed by atoms with E-state index in [2.05, 4.69) is 12.2 Å². The second-order valence-corrected chi connectivity index (χ2v) is 11.4. The monoisotopic (exact) mass is 622 g/mol. The number of fused-ring (bicyclic) bond motifs is 5. The van der Waals surface area contributed by atoms with Crippen LogP contribution >= 0.6 is 0 Å². The van der Waals surface area contributed by atoms with E-state index in [1.807, 2.05) is 32.9 Å². The first kappa shape index (κ1) is 30.4. The van der Waals surface area contributed by atoms with E-state index < -0.39 is 5.97 Å². The summed E-state index contributed by atoms with van der Waals surface area (Å²) in [4.78, 5) is 39.0. The Hall–Kier alpha value is -4.04. The van der Waals surface area contributed by atoms with E-state index in [1.165, 1.54) is 7.11 Å². The van der Waals surface area contributed by atoms with Crippen LogP contribution in [0.15, 0.2) is 106 Å². The number of carbonyl (C=O) groups excluding carboxylic acids is 2. The molecule has 0 aromatic carbocycles. The summed E-state index contributed by atoms with van der Waals surface area (Å²) in [6.07, 6.45) is 7.15. The predicted molar refractivity (Wildman–Crippen MR) is 156 cm³/mol. The van der Waals surface area contributed by atoms with Gasteiger partial charge in [0.2, 0.25) is 0 Å². The van der Waals surface area contributed by atoms with Crippen molar-refractivity contribution in [1.29, 1.82) is 0 Å². The Kier molecular flexibility index (Phi) is 7.94. The quantitative estimate of drug-likeness (QED) is 0.369. The zero-order chi connectivity index (χ0) is 30.0. The molecular formula is C33H32N4NiO5. The number of hydrogen-bond acceptors (Lipinski definition) is 9. The fourth-order valence-electron chi connectivity index (χ4n) is 6.72. The molecule has 10 heteroatoms. The van der Waals surface area contributed by atoms with E-state index >= 15 is 0 Å². The number of hydrogen-bond donors (Lipinski definition) is 1. The standard InChI is InChI=1S/C33H34N4O5.Ni/c1-7-18-14(2)21-13-26-29(33(40)41)16(4)23(35-26)11-22-15(3)19(8-9-28(39)42-6)31(36-22)20-10-27(38)30-17(5)24(37-32(20)30)12-25(18)34-21;/h11-13,15,19,36,38H,7-10H2,1-6H3,(H,40,41);/q;+2/p-2/t15-,19-;/m0./s1. The molecule has 224 valence electrons. The van der Waals surface area contributed by atoms with Crippen LogP contribution in [0.2, 0.25) is 0 Å². The van der Waals surface area contributed by atoms with Gasteiger partial charge >= 0.3 is 22.5 Å². The van der Waals surface area contributed by atoms with Gasteiger partial charge in [-0.05, 0) is 86.1 Å². The molecule has 9 nitrogen and oxygen atoms in total. The Balaban J connectivity index is 0.00000368. The largest absolute Gasteiger partial charge is 2.00 e. The molecule has 1 N–H and O–H groups in total.